The maximum atomic E-state index is 15.9. The van der Waals surface area contributed by atoms with E-state index in [9.17, 15) is 9.59 Å². The Bertz CT molecular complexity index is 1450. The highest BCUT2D eigenvalue weighted by Gasteiger charge is 2.50. The number of rotatable bonds is 22. The van der Waals surface area contributed by atoms with E-state index in [2.05, 4.69) is 133 Å². The number of aromatic nitrogens is 1. The number of hydrogen-bond donors (Lipinski definition) is 0. The number of aldehydes is 1. The first kappa shape index (κ1) is 52.4. The molecule has 0 aliphatic heterocycles. The molecule has 1 heterocycles. The fourth-order valence-corrected chi connectivity index (χ4v) is 10.3. The lowest BCUT2D eigenvalue weighted by Gasteiger charge is -2.47. The van der Waals surface area contributed by atoms with Crippen molar-refractivity contribution in [3.8, 4) is 0 Å². The van der Waals surface area contributed by atoms with Gasteiger partial charge >= 0.3 is 0 Å². The molecule has 56 heavy (non-hydrogen) atoms. The van der Waals surface area contributed by atoms with Crippen LogP contribution in [0.25, 0.3) is 6.08 Å². The fraction of sp³-hybridized carbons (Fsp3) is 0.761. The molecule has 0 saturated carbocycles. The van der Waals surface area contributed by atoms with Gasteiger partial charge in [-0.3, -0.25) is 9.78 Å². The second-order valence-electron chi connectivity index (χ2n) is 21.5. The number of Topliss-reactive ketones (excluding diaryl/α,β-unsaturated/α-hetero) is 1. The Morgan fingerprint density at radius 3 is 1.80 bits per heavy atom. The first-order valence-corrected chi connectivity index (χ1v) is 29.9. The SMILES string of the molecule is CCC(C(=O)C(C)(C)C(CC=O)O[Si](C)(C)C(C)(C)C)C(O[Si](C)(C)C(C)(C)C)C(C)CCCC(C)=CCC(O[Si](C)(C)C(C)(C)C)C(F)=Cc1ccccn1. The number of allylic oxidation sites excluding steroid dienone is 1. The van der Waals surface area contributed by atoms with E-state index in [0.29, 0.717) is 18.5 Å². The number of carbonyl (C=O) groups is 2. The van der Waals surface area contributed by atoms with Crippen LogP contribution in [0.2, 0.25) is 54.4 Å². The molecular weight excluding hydrogens is 750 g/mol. The van der Waals surface area contributed by atoms with Crippen molar-refractivity contribution in [2.24, 2.45) is 17.3 Å². The Balaban J connectivity index is 3.41. The van der Waals surface area contributed by atoms with E-state index in [1.54, 1.807) is 12.3 Å². The number of pyridine rings is 1. The molecule has 322 valence electrons. The lowest BCUT2D eigenvalue weighted by molar-refractivity contribution is -0.142. The summed E-state index contributed by atoms with van der Waals surface area (Å²) in [5.41, 5.74) is 0.888. The molecule has 0 amide bonds. The lowest BCUT2D eigenvalue weighted by Crippen LogP contribution is -2.54. The van der Waals surface area contributed by atoms with Crippen LogP contribution in [0.4, 0.5) is 4.39 Å². The smallest absolute Gasteiger partial charge is 0.193 e. The molecule has 0 bridgehead atoms. The van der Waals surface area contributed by atoms with Gasteiger partial charge in [-0.05, 0) is 118 Å². The van der Waals surface area contributed by atoms with Crippen molar-refractivity contribution >= 4 is 43.1 Å². The number of hydrogen-bond acceptors (Lipinski definition) is 6. The van der Waals surface area contributed by atoms with E-state index in [-0.39, 0.29) is 51.1 Å². The molecule has 0 radical (unpaired) electrons. The molecule has 0 saturated heterocycles. The third-order valence-corrected chi connectivity index (χ3v) is 26.8. The van der Waals surface area contributed by atoms with Gasteiger partial charge in [0.2, 0.25) is 0 Å². The summed E-state index contributed by atoms with van der Waals surface area (Å²) in [7, 11) is -6.83. The summed E-state index contributed by atoms with van der Waals surface area (Å²) in [6.07, 6.45) is 8.67. The van der Waals surface area contributed by atoms with Crippen LogP contribution < -0.4 is 0 Å². The first-order chi connectivity index (χ1) is 25.3. The number of halogens is 1. The van der Waals surface area contributed by atoms with E-state index in [4.69, 9.17) is 13.3 Å². The number of ketones is 1. The van der Waals surface area contributed by atoms with E-state index >= 15 is 4.39 Å². The zero-order valence-corrected chi connectivity index (χ0v) is 42.5. The highest BCUT2D eigenvalue weighted by Crippen LogP contribution is 2.45. The average Bonchev–Trinajstić information content (AvgIpc) is 3.04. The van der Waals surface area contributed by atoms with Crippen LogP contribution in [0, 0.1) is 17.3 Å². The summed E-state index contributed by atoms with van der Waals surface area (Å²) in [6.45, 7) is 43.4. The van der Waals surface area contributed by atoms with Crippen LogP contribution in [0.1, 0.15) is 141 Å². The summed E-state index contributed by atoms with van der Waals surface area (Å²) >= 11 is 0. The maximum Gasteiger partial charge on any atom is 0.193 e. The number of nitrogens with zero attached hydrogens (tertiary/aromatic N) is 1. The normalized spacial score (nSPS) is 17.3. The third-order valence-electron chi connectivity index (χ3n) is 13.4. The van der Waals surface area contributed by atoms with Crippen molar-refractivity contribution in [2.75, 3.05) is 0 Å². The summed E-state index contributed by atoms with van der Waals surface area (Å²) < 4.78 is 36.6. The van der Waals surface area contributed by atoms with Crippen LogP contribution in [0.15, 0.2) is 41.9 Å². The van der Waals surface area contributed by atoms with Gasteiger partial charge < -0.3 is 18.1 Å². The molecule has 6 nitrogen and oxygen atoms in total. The molecular formula is C46H84FNO5Si3. The van der Waals surface area contributed by atoms with Gasteiger partial charge in [-0.15, -0.1) is 0 Å². The molecule has 0 aromatic carbocycles. The highest BCUT2D eigenvalue weighted by atomic mass is 28.4. The molecule has 0 fully saturated rings. The van der Waals surface area contributed by atoms with Crippen molar-refractivity contribution in [1.82, 2.24) is 4.98 Å². The molecule has 1 aromatic heterocycles. The Hall–Kier alpha value is -1.57. The fourth-order valence-electron chi connectivity index (χ4n) is 6.15. The van der Waals surface area contributed by atoms with Crippen LogP contribution in [-0.2, 0) is 22.9 Å². The van der Waals surface area contributed by atoms with Gasteiger partial charge in [0.25, 0.3) is 0 Å². The number of carbonyl (C=O) groups excluding carboxylic acids is 2. The molecule has 1 rings (SSSR count). The van der Waals surface area contributed by atoms with Gasteiger partial charge in [0, 0.05) is 24.0 Å². The van der Waals surface area contributed by atoms with Gasteiger partial charge in [0.1, 0.15) is 24.0 Å². The van der Waals surface area contributed by atoms with Crippen LogP contribution in [0.3, 0.4) is 0 Å². The predicted octanol–water partition coefficient (Wildman–Crippen LogP) is 13.9. The minimum atomic E-state index is -2.28. The van der Waals surface area contributed by atoms with Crippen LogP contribution >= 0.6 is 0 Å². The van der Waals surface area contributed by atoms with Crippen LogP contribution in [-0.4, -0.2) is 60.3 Å². The molecule has 0 aliphatic rings. The molecule has 5 unspecified atom stereocenters. The summed E-state index contributed by atoms with van der Waals surface area (Å²) in [5.74, 6) is -0.420. The molecule has 0 N–H and O–H groups in total. The van der Waals surface area contributed by atoms with E-state index in [0.717, 1.165) is 25.5 Å². The van der Waals surface area contributed by atoms with Crippen molar-refractivity contribution in [3.05, 3.63) is 47.6 Å². The minimum Gasteiger partial charge on any atom is -0.413 e. The standard InChI is InChI=1S/C46H84FNO5Si3/c1-21-37(42(50)46(13,14)40(30-32-49)52-55(17,18)44(7,8)9)41(53-56(19,20)45(10,11)12)35(3)26-24-25-34(2)28-29-39(51-54(15,16)43(4,5)6)38(47)33-36-27-22-23-31-48-36/h22-23,27-28,31-33,35,37,39-41H,21,24-26,29-30H2,1-20H3. The topological polar surface area (TPSA) is 74.7 Å². The Morgan fingerprint density at radius 2 is 1.34 bits per heavy atom. The zero-order valence-electron chi connectivity index (χ0n) is 39.5. The van der Waals surface area contributed by atoms with Crippen molar-refractivity contribution in [2.45, 2.75) is 208 Å². The summed E-state index contributed by atoms with van der Waals surface area (Å²) in [4.78, 5) is 31.2. The quantitative estimate of drug-likeness (QED) is 0.0658. The largest absolute Gasteiger partial charge is 0.413 e. The monoisotopic (exact) mass is 834 g/mol. The van der Waals surface area contributed by atoms with E-state index in [1.165, 1.54) is 11.6 Å². The summed E-state index contributed by atoms with van der Waals surface area (Å²) in [6, 6.07) is 5.49. The van der Waals surface area contributed by atoms with Gasteiger partial charge in [0.05, 0.1) is 17.9 Å². The average molecular weight is 834 g/mol. The Morgan fingerprint density at radius 1 is 0.821 bits per heavy atom. The lowest BCUT2D eigenvalue weighted by atomic mass is 9.71. The van der Waals surface area contributed by atoms with Crippen molar-refractivity contribution in [3.63, 3.8) is 0 Å². The first-order valence-electron chi connectivity index (χ1n) is 21.2. The maximum absolute atomic E-state index is 15.9. The molecule has 0 aliphatic carbocycles. The molecule has 5 atom stereocenters. The minimum absolute atomic E-state index is 0.0318. The van der Waals surface area contributed by atoms with Crippen molar-refractivity contribution < 1.29 is 27.3 Å². The van der Waals surface area contributed by atoms with Gasteiger partial charge in [-0.1, -0.05) is 108 Å². The predicted molar refractivity (Wildman–Crippen MR) is 244 cm³/mol. The Kier molecular flexibility index (Phi) is 19.3. The summed E-state index contributed by atoms with van der Waals surface area (Å²) in [5, 5.41) is -0.153. The molecule has 1 aromatic rings. The van der Waals surface area contributed by atoms with Crippen LogP contribution in [0.5, 0.6) is 0 Å². The molecule has 10 heteroatoms. The Labute approximate surface area is 347 Å². The third kappa shape index (κ3) is 14.9. The van der Waals surface area contributed by atoms with E-state index in [1.807, 2.05) is 26.0 Å². The van der Waals surface area contributed by atoms with Gasteiger partial charge in [-0.25, -0.2) is 4.39 Å². The van der Waals surface area contributed by atoms with E-state index < -0.39 is 42.6 Å². The zero-order chi connectivity index (χ0) is 43.7. The van der Waals surface area contributed by atoms with Crippen molar-refractivity contribution in [1.29, 1.82) is 0 Å². The molecule has 0 spiro atoms. The second-order valence-corrected chi connectivity index (χ2v) is 35.8. The van der Waals surface area contributed by atoms with Gasteiger partial charge in [-0.2, -0.15) is 0 Å². The second kappa shape index (κ2) is 20.6. The highest BCUT2D eigenvalue weighted by molar-refractivity contribution is 6.75. The van der Waals surface area contributed by atoms with Gasteiger partial charge in [0.15, 0.2) is 25.0 Å².